The van der Waals surface area contributed by atoms with Gasteiger partial charge in [0, 0.05) is 0 Å². The molecular formula is C20H18ClF4N3O6. The van der Waals surface area contributed by atoms with E-state index in [0.717, 1.165) is 27.0 Å². The van der Waals surface area contributed by atoms with Gasteiger partial charge in [-0.2, -0.15) is 18.3 Å². The molecule has 0 fully saturated rings. The average Bonchev–Trinajstić information content (AvgIpc) is 3.30. The van der Waals surface area contributed by atoms with Crippen LogP contribution in [0.5, 0.6) is 0 Å². The number of benzene rings is 1. The molecule has 0 spiro atoms. The largest absolute Gasteiger partial charge is 0.465 e. The van der Waals surface area contributed by atoms with Gasteiger partial charge < -0.3 is 24.6 Å². The summed E-state index contributed by atoms with van der Waals surface area (Å²) in [6.45, 7) is 2.28. The third-order valence-corrected chi connectivity index (χ3v) is 4.89. The molecule has 0 bridgehead atoms. The van der Waals surface area contributed by atoms with E-state index in [9.17, 15) is 37.7 Å². The van der Waals surface area contributed by atoms with Gasteiger partial charge in [0.05, 0.1) is 41.5 Å². The molecule has 0 atom stereocenters. The van der Waals surface area contributed by atoms with Gasteiger partial charge in [0.15, 0.2) is 11.5 Å². The molecule has 34 heavy (non-hydrogen) atoms. The van der Waals surface area contributed by atoms with E-state index in [0.29, 0.717) is 6.20 Å². The zero-order valence-corrected chi connectivity index (χ0v) is 18.6. The molecule has 14 heteroatoms. The van der Waals surface area contributed by atoms with Crippen molar-refractivity contribution >= 4 is 17.6 Å². The Kier molecular flexibility index (Phi) is 6.52. The van der Waals surface area contributed by atoms with Crippen LogP contribution in [0.2, 0.25) is 5.02 Å². The van der Waals surface area contributed by atoms with Gasteiger partial charge in [-0.15, -0.1) is 0 Å². The fraction of sp³-hybridized carbons (Fsp3) is 0.350. The summed E-state index contributed by atoms with van der Waals surface area (Å²) in [7, 11) is 0.926. The fourth-order valence-corrected chi connectivity index (χ4v) is 3.63. The molecular weight excluding hydrogens is 490 g/mol. The molecule has 3 N–H and O–H groups in total. The van der Waals surface area contributed by atoms with Crippen molar-refractivity contribution in [1.29, 1.82) is 0 Å². The second-order valence-corrected chi connectivity index (χ2v) is 8.31. The lowest BCUT2D eigenvalue weighted by molar-refractivity contribution is -0.270. The molecule has 9 nitrogen and oxygen atoms in total. The first-order valence-electron chi connectivity index (χ1n) is 9.44. The lowest BCUT2D eigenvalue weighted by Crippen LogP contribution is -2.43. The summed E-state index contributed by atoms with van der Waals surface area (Å²) >= 11 is 6.01. The van der Waals surface area contributed by atoms with Crippen LogP contribution in [0.25, 0.3) is 22.6 Å². The van der Waals surface area contributed by atoms with Crippen molar-refractivity contribution in [3.8, 4) is 22.6 Å². The zero-order chi connectivity index (χ0) is 25.6. The number of esters is 1. The molecule has 3 aromatic rings. The Hall–Kier alpha value is -3.00. The van der Waals surface area contributed by atoms with Crippen molar-refractivity contribution in [1.82, 2.24) is 14.9 Å². The van der Waals surface area contributed by atoms with E-state index >= 15 is 0 Å². The van der Waals surface area contributed by atoms with Crippen LogP contribution in [0.15, 0.2) is 28.9 Å². The van der Waals surface area contributed by atoms with Crippen molar-refractivity contribution < 1.29 is 46.9 Å². The third kappa shape index (κ3) is 4.78. The predicted molar refractivity (Wildman–Crippen MR) is 108 cm³/mol. The lowest BCUT2D eigenvalue weighted by Gasteiger charge is -2.30. The number of ether oxygens (including phenoxy) is 1. The Bertz CT molecular complexity index is 1210. The van der Waals surface area contributed by atoms with Crippen LogP contribution in [0.1, 0.15) is 36.3 Å². The second kappa shape index (κ2) is 8.65. The Labute approximate surface area is 194 Å². The number of carbonyl (C=O) groups is 1. The van der Waals surface area contributed by atoms with Gasteiger partial charge in [-0.05, 0) is 26.0 Å². The van der Waals surface area contributed by atoms with Crippen molar-refractivity contribution in [3.63, 3.8) is 0 Å². The molecule has 2 aromatic heterocycles. The number of nitrogens with zero attached hydrogens (tertiary/aromatic N) is 3. The molecule has 0 aliphatic carbocycles. The Morgan fingerprint density at radius 1 is 1.24 bits per heavy atom. The number of aromatic nitrogens is 3. The lowest BCUT2D eigenvalue weighted by atomic mass is 10.0. The Morgan fingerprint density at radius 3 is 2.41 bits per heavy atom. The minimum atomic E-state index is -5.27. The molecule has 0 saturated carbocycles. The average molecular weight is 508 g/mol. The highest BCUT2D eigenvalue weighted by molar-refractivity contribution is 6.33. The number of carbonyl (C=O) groups excluding carboxylic acids is 1. The Balaban J connectivity index is 2.32. The van der Waals surface area contributed by atoms with Gasteiger partial charge >= 0.3 is 12.1 Å². The smallest absolute Gasteiger partial charge is 0.433 e. The molecule has 2 heterocycles. The maximum Gasteiger partial charge on any atom is 0.433 e. The van der Waals surface area contributed by atoms with Crippen molar-refractivity contribution in [2.24, 2.45) is 0 Å². The predicted octanol–water partition coefficient (Wildman–Crippen LogP) is 3.56. The van der Waals surface area contributed by atoms with Crippen LogP contribution < -0.4 is 0 Å². The summed E-state index contributed by atoms with van der Waals surface area (Å²) in [5.41, 5.74) is -6.15. The fourth-order valence-electron chi connectivity index (χ4n) is 3.37. The topological polar surface area (TPSA) is 131 Å². The molecule has 1 aromatic carbocycles. The Morgan fingerprint density at radius 2 is 1.88 bits per heavy atom. The van der Waals surface area contributed by atoms with Crippen LogP contribution >= 0.6 is 11.6 Å². The zero-order valence-electron chi connectivity index (χ0n) is 17.8. The number of alkyl halides is 3. The number of rotatable bonds is 6. The normalized spacial score (nSPS) is 12.8. The highest BCUT2D eigenvalue weighted by atomic mass is 35.5. The van der Waals surface area contributed by atoms with E-state index < -0.39 is 69.7 Å². The maximum absolute atomic E-state index is 14.5. The van der Waals surface area contributed by atoms with Gasteiger partial charge in [-0.25, -0.2) is 13.9 Å². The molecule has 0 unspecified atom stereocenters. The summed E-state index contributed by atoms with van der Waals surface area (Å²) < 4.78 is 66.1. The first-order valence-corrected chi connectivity index (χ1v) is 9.82. The number of halogens is 5. The monoisotopic (exact) mass is 507 g/mol. The van der Waals surface area contributed by atoms with Crippen molar-refractivity contribution in [2.75, 3.05) is 7.11 Å². The quantitative estimate of drug-likeness (QED) is 0.262. The summed E-state index contributed by atoms with van der Waals surface area (Å²) in [6.07, 6.45) is -5.69. The van der Waals surface area contributed by atoms with Gasteiger partial charge in [0.2, 0.25) is 0 Å². The molecule has 0 aliphatic heterocycles. The van der Waals surface area contributed by atoms with E-state index in [1.165, 1.54) is 12.1 Å². The van der Waals surface area contributed by atoms with Crippen molar-refractivity contribution in [2.45, 2.75) is 38.0 Å². The summed E-state index contributed by atoms with van der Waals surface area (Å²) in [5.74, 6) is -6.31. The van der Waals surface area contributed by atoms with Crippen LogP contribution in [-0.2, 0) is 16.8 Å². The standard InChI is InChI=1S/C20H18ClF4N3O6/c1-18(2,30)8-19(31,32)28-16(20(23,24)25)9(7-26-28)15-13(17(29)33-3)14(27-34-15)12-10(21)5-4-6-11(12)22/h4-7,30-32H,8H2,1-3H3. The molecule has 0 radical (unpaired) electrons. The van der Waals surface area contributed by atoms with Crippen LogP contribution in [0.4, 0.5) is 17.6 Å². The van der Waals surface area contributed by atoms with E-state index in [1.54, 1.807) is 0 Å². The third-order valence-electron chi connectivity index (χ3n) is 4.57. The SMILES string of the molecule is COC(=O)c1c(-c2c(F)cccc2Cl)noc1-c1cnn(C(O)(O)CC(C)(C)O)c1C(F)(F)F. The van der Waals surface area contributed by atoms with E-state index in [4.69, 9.17) is 16.1 Å². The molecule has 0 aliphatic rings. The van der Waals surface area contributed by atoms with Crippen LogP contribution in [0, 0.1) is 5.82 Å². The summed E-state index contributed by atoms with van der Waals surface area (Å²) in [5, 5.41) is 37.2. The molecule has 0 amide bonds. The highest BCUT2D eigenvalue weighted by Crippen LogP contribution is 2.43. The number of hydrogen-bond acceptors (Lipinski definition) is 8. The summed E-state index contributed by atoms with van der Waals surface area (Å²) in [6, 6.07) is 3.51. The van der Waals surface area contributed by atoms with E-state index in [2.05, 4.69) is 15.0 Å². The second-order valence-electron chi connectivity index (χ2n) is 7.90. The van der Waals surface area contributed by atoms with Crippen LogP contribution in [-0.4, -0.2) is 48.9 Å². The molecule has 3 rings (SSSR count). The maximum atomic E-state index is 14.5. The van der Waals surface area contributed by atoms with Gasteiger partial charge in [0.25, 0.3) is 5.91 Å². The van der Waals surface area contributed by atoms with E-state index in [-0.39, 0.29) is 9.70 Å². The van der Waals surface area contributed by atoms with Gasteiger partial charge in [-0.1, -0.05) is 22.8 Å². The molecule has 184 valence electrons. The van der Waals surface area contributed by atoms with E-state index in [1.807, 2.05) is 0 Å². The van der Waals surface area contributed by atoms with Gasteiger partial charge in [0.1, 0.15) is 17.1 Å². The highest BCUT2D eigenvalue weighted by Gasteiger charge is 2.47. The summed E-state index contributed by atoms with van der Waals surface area (Å²) in [4.78, 5) is 12.5. The number of methoxy groups -OCH3 is 1. The molecule has 0 saturated heterocycles. The minimum absolute atomic E-state index is 0.181. The van der Waals surface area contributed by atoms with Crippen molar-refractivity contribution in [3.05, 3.63) is 46.5 Å². The first kappa shape index (κ1) is 25.6. The van der Waals surface area contributed by atoms with Crippen LogP contribution in [0.3, 0.4) is 0 Å². The number of aliphatic hydroxyl groups is 3. The number of hydrogen-bond donors (Lipinski definition) is 3. The minimum Gasteiger partial charge on any atom is -0.465 e. The van der Waals surface area contributed by atoms with Gasteiger partial charge in [-0.3, -0.25) is 0 Å². The first-order chi connectivity index (χ1) is 15.6.